The van der Waals surface area contributed by atoms with Gasteiger partial charge >= 0.3 is 0 Å². The minimum atomic E-state index is -0.0460. The van der Waals surface area contributed by atoms with E-state index in [9.17, 15) is 4.79 Å². The number of carbonyl (C=O) groups excluding carboxylic acids is 1. The van der Waals surface area contributed by atoms with Gasteiger partial charge in [-0.05, 0) is 39.7 Å². The zero-order valence-corrected chi connectivity index (χ0v) is 16.6. The SMILES string of the molecule is O=C(NCc1ccc(N2CCOCC2)cc1)c1sc2ccccc2c1Br. The summed E-state index contributed by atoms with van der Waals surface area (Å²) < 4.78 is 7.38. The van der Waals surface area contributed by atoms with E-state index in [1.807, 2.05) is 24.3 Å². The minimum absolute atomic E-state index is 0.0460. The Morgan fingerprint density at radius 1 is 1.12 bits per heavy atom. The highest BCUT2D eigenvalue weighted by Crippen LogP contribution is 2.35. The van der Waals surface area contributed by atoms with Gasteiger partial charge in [-0.2, -0.15) is 0 Å². The van der Waals surface area contributed by atoms with Crippen LogP contribution in [0.25, 0.3) is 10.1 Å². The molecule has 1 aliphatic heterocycles. The predicted molar refractivity (Wildman–Crippen MR) is 110 cm³/mol. The maximum atomic E-state index is 12.6. The van der Waals surface area contributed by atoms with Gasteiger partial charge in [0.25, 0.3) is 5.91 Å². The molecule has 1 saturated heterocycles. The smallest absolute Gasteiger partial charge is 0.262 e. The van der Waals surface area contributed by atoms with Gasteiger partial charge in [0.1, 0.15) is 4.88 Å². The number of amides is 1. The second kappa shape index (κ2) is 7.78. The molecule has 0 atom stereocenters. The van der Waals surface area contributed by atoms with Gasteiger partial charge in [-0.15, -0.1) is 11.3 Å². The lowest BCUT2D eigenvalue weighted by Crippen LogP contribution is -2.36. The van der Waals surface area contributed by atoms with Crippen LogP contribution in [0.5, 0.6) is 0 Å². The number of ether oxygens (including phenoxy) is 1. The molecular formula is C20H19BrN2O2S. The molecule has 4 nitrogen and oxygen atoms in total. The first-order valence-electron chi connectivity index (χ1n) is 8.59. The Bertz CT molecular complexity index is 917. The average molecular weight is 431 g/mol. The van der Waals surface area contributed by atoms with Crippen LogP contribution in [0.4, 0.5) is 5.69 Å². The van der Waals surface area contributed by atoms with E-state index in [1.165, 1.54) is 17.0 Å². The van der Waals surface area contributed by atoms with Crippen molar-refractivity contribution >= 4 is 48.9 Å². The fourth-order valence-electron chi connectivity index (χ4n) is 3.07. The van der Waals surface area contributed by atoms with Crippen LogP contribution in [-0.2, 0) is 11.3 Å². The van der Waals surface area contributed by atoms with E-state index < -0.39 is 0 Å². The number of fused-ring (bicyclic) bond motifs is 1. The lowest BCUT2D eigenvalue weighted by atomic mass is 10.2. The quantitative estimate of drug-likeness (QED) is 0.665. The van der Waals surface area contributed by atoms with Crippen molar-refractivity contribution in [3.05, 3.63) is 63.4 Å². The van der Waals surface area contributed by atoms with Crippen molar-refractivity contribution in [3.63, 3.8) is 0 Å². The summed E-state index contributed by atoms with van der Waals surface area (Å²) >= 11 is 5.08. The van der Waals surface area contributed by atoms with Gasteiger partial charge in [0.05, 0.1) is 13.2 Å². The molecule has 1 aliphatic rings. The molecule has 26 heavy (non-hydrogen) atoms. The van der Waals surface area contributed by atoms with Crippen molar-refractivity contribution < 1.29 is 9.53 Å². The summed E-state index contributed by atoms with van der Waals surface area (Å²) in [5, 5.41) is 4.10. The summed E-state index contributed by atoms with van der Waals surface area (Å²) in [4.78, 5) is 15.6. The van der Waals surface area contributed by atoms with Gasteiger partial charge in [-0.3, -0.25) is 4.79 Å². The van der Waals surface area contributed by atoms with Crippen LogP contribution in [0.3, 0.4) is 0 Å². The third-order valence-electron chi connectivity index (χ3n) is 4.51. The molecule has 1 N–H and O–H groups in total. The van der Waals surface area contributed by atoms with Crippen molar-refractivity contribution in [3.8, 4) is 0 Å². The summed E-state index contributed by atoms with van der Waals surface area (Å²) in [6.45, 7) is 3.93. The molecule has 0 saturated carbocycles. The Labute approximate surface area is 164 Å². The van der Waals surface area contributed by atoms with Crippen molar-refractivity contribution in [1.82, 2.24) is 5.32 Å². The van der Waals surface area contributed by atoms with Gasteiger partial charge in [-0.1, -0.05) is 30.3 Å². The number of anilines is 1. The van der Waals surface area contributed by atoms with Gasteiger partial charge < -0.3 is 15.0 Å². The van der Waals surface area contributed by atoms with E-state index in [-0.39, 0.29) is 5.91 Å². The maximum Gasteiger partial charge on any atom is 0.262 e. The topological polar surface area (TPSA) is 41.6 Å². The molecular weight excluding hydrogens is 412 g/mol. The third-order valence-corrected chi connectivity index (χ3v) is 6.76. The first-order chi connectivity index (χ1) is 12.7. The van der Waals surface area contributed by atoms with Crippen LogP contribution in [-0.4, -0.2) is 32.2 Å². The van der Waals surface area contributed by atoms with Crippen LogP contribution in [0.2, 0.25) is 0 Å². The van der Waals surface area contributed by atoms with E-state index in [2.05, 4.69) is 50.4 Å². The molecule has 1 aromatic heterocycles. The Hall–Kier alpha value is -1.89. The largest absolute Gasteiger partial charge is 0.378 e. The summed E-state index contributed by atoms with van der Waals surface area (Å²) in [6, 6.07) is 16.4. The molecule has 0 bridgehead atoms. The van der Waals surface area contributed by atoms with Crippen LogP contribution >= 0.6 is 27.3 Å². The average Bonchev–Trinajstić information content (AvgIpc) is 3.04. The molecule has 0 radical (unpaired) electrons. The zero-order valence-electron chi connectivity index (χ0n) is 14.2. The molecule has 0 spiro atoms. The summed E-state index contributed by atoms with van der Waals surface area (Å²) in [6.07, 6.45) is 0. The second-order valence-electron chi connectivity index (χ2n) is 6.19. The Kier molecular flexibility index (Phi) is 5.24. The number of hydrogen-bond acceptors (Lipinski definition) is 4. The summed E-state index contributed by atoms with van der Waals surface area (Å²) in [5.74, 6) is -0.0460. The molecule has 0 unspecified atom stereocenters. The van der Waals surface area contributed by atoms with E-state index in [0.717, 1.165) is 51.3 Å². The van der Waals surface area contributed by atoms with Gasteiger partial charge in [0.15, 0.2) is 0 Å². The van der Waals surface area contributed by atoms with Gasteiger partial charge in [0.2, 0.25) is 0 Å². The van der Waals surface area contributed by atoms with E-state index >= 15 is 0 Å². The maximum absolute atomic E-state index is 12.6. The fourth-order valence-corrected chi connectivity index (χ4v) is 4.98. The number of rotatable bonds is 4. The molecule has 1 fully saturated rings. The van der Waals surface area contributed by atoms with Crippen LogP contribution in [0.15, 0.2) is 53.0 Å². The molecule has 6 heteroatoms. The first kappa shape index (κ1) is 17.5. The van der Waals surface area contributed by atoms with Crippen molar-refractivity contribution in [1.29, 1.82) is 0 Å². The standard InChI is InChI=1S/C20H19BrN2O2S/c21-18-16-3-1-2-4-17(16)26-19(18)20(24)22-13-14-5-7-15(8-6-14)23-9-11-25-12-10-23/h1-8H,9-13H2,(H,22,24). The number of nitrogens with one attached hydrogen (secondary N) is 1. The summed E-state index contributed by atoms with van der Waals surface area (Å²) in [5.41, 5.74) is 2.29. The van der Waals surface area contributed by atoms with Crippen LogP contribution in [0, 0.1) is 0 Å². The van der Waals surface area contributed by atoms with Crippen molar-refractivity contribution in [2.24, 2.45) is 0 Å². The molecule has 3 aromatic rings. The van der Waals surface area contributed by atoms with E-state index in [4.69, 9.17) is 4.74 Å². The van der Waals surface area contributed by atoms with Crippen molar-refractivity contribution in [2.75, 3.05) is 31.2 Å². The highest BCUT2D eigenvalue weighted by atomic mass is 79.9. The monoisotopic (exact) mass is 430 g/mol. The number of carbonyl (C=O) groups is 1. The number of nitrogens with zero attached hydrogens (tertiary/aromatic N) is 1. The molecule has 0 aliphatic carbocycles. The molecule has 2 aromatic carbocycles. The van der Waals surface area contributed by atoms with Gasteiger partial charge in [-0.25, -0.2) is 0 Å². The number of thiophene rings is 1. The Morgan fingerprint density at radius 2 is 1.85 bits per heavy atom. The van der Waals surface area contributed by atoms with Crippen LogP contribution < -0.4 is 10.2 Å². The van der Waals surface area contributed by atoms with Crippen LogP contribution in [0.1, 0.15) is 15.2 Å². The number of halogens is 1. The van der Waals surface area contributed by atoms with E-state index in [1.54, 1.807) is 0 Å². The fraction of sp³-hybridized carbons (Fsp3) is 0.250. The predicted octanol–water partition coefficient (Wildman–Crippen LogP) is 4.43. The number of benzene rings is 2. The molecule has 2 heterocycles. The Morgan fingerprint density at radius 3 is 2.58 bits per heavy atom. The minimum Gasteiger partial charge on any atom is -0.378 e. The van der Waals surface area contributed by atoms with Crippen molar-refractivity contribution in [2.45, 2.75) is 6.54 Å². The molecule has 4 rings (SSSR count). The molecule has 1 amide bonds. The molecule has 134 valence electrons. The zero-order chi connectivity index (χ0) is 17.9. The first-order valence-corrected chi connectivity index (χ1v) is 10.2. The Balaban J connectivity index is 1.41. The second-order valence-corrected chi connectivity index (χ2v) is 8.04. The van der Waals surface area contributed by atoms with Gasteiger partial charge in [0, 0.05) is 39.9 Å². The lowest BCUT2D eigenvalue weighted by molar-refractivity contribution is 0.0954. The van der Waals surface area contributed by atoms with E-state index in [0.29, 0.717) is 6.54 Å². The highest BCUT2D eigenvalue weighted by molar-refractivity contribution is 9.10. The normalized spacial score (nSPS) is 14.6. The highest BCUT2D eigenvalue weighted by Gasteiger charge is 2.16. The lowest BCUT2D eigenvalue weighted by Gasteiger charge is -2.28. The third kappa shape index (κ3) is 3.63. The number of hydrogen-bond donors (Lipinski definition) is 1. The summed E-state index contributed by atoms with van der Waals surface area (Å²) in [7, 11) is 0. The number of morpholine rings is 1.